The van der Waals surface area contributed by atoms with E-state index in [0.29, 0.717) is 12.0 Å². The van der Waals surface area contributed by atoms with Gasteiger partial charge < -0.3 is 15.4 Å². The monoisotopic (exact) mass is 268 g/mol. The number of hydrogen-bond acceptors (Lipinski definition) is 3. The van der Waals surface area contributed by atoms with Gasteiger partial charge in [-0.05, 0) is 51.6 Å². The number of hydrogen-bond donors (Lipinski definition) is 2. The van der Waals surface area contributed by atoms with E-state index in [1.54, 1.807) is 0 Å². The maximum Gasteiger partial charge on any atom is 0.249 e. The van der Waals surface area contributed by atoms with Crippen molar-refractivity contribution in [2.24, 2.45) is 5.92 Å². The van der Waals surface area contributed by atoms with E-state index in [-0.39, 0.29) is 12.0 Å². The lowest BCUT2D eigenvalue weighted by Crippen LogP contribution is -2.42. The average molecular weight is 268 g/mol. The first-order valence-electron chi connectivity index (χ1n) is 7.88. The fourth-order valence-electron chi connectivity index (χ4n) is 2.97. The zero-order chi connectivity index (χ0) is 13.5. The predicted octanol–water partition coefficient (Wildman–Crippen LogP) is 1.84. The minimum absolute atomic E-state index is 0.0702. The third-order valence-electron chi connectivity index (χ3n) is 4.36. The van der Waals surface area contributed by atoms with E-state index in [0.717, 1.165) is 45.4 Å². The van der Waals surface area contributed by atoms with Gasteiger partial charge in [-0.1, -0.05) is 19.3 Å². The van der Waals surface area contributed by atoms with Crippen LogP contribution in [0.4, 0.5) is 0 Å². The lowest BCUT2D eigenvalue weighted by Gasteiger charge is -2.26. The molecule has 1 aliphatic carbocycles. The predicted molar refractivity (Wildman–Crippen MR) is 76.0 cm³/mol. The SMILES string of the molecule is CC(OCC1CCNCC1)C(=O)NC1CCCCC1. The fourth-order valence-corrected chi connectivity index (χ4v) is 2.97. The number of piperidine rings is 1. The molecule has 1 atom stereocenters. The van der Waals surface area contributed by atoms with Crippen LogP contribution in [-0.4, -0.2) is 37.7 Å². The summed E-state index contributed by atoms with van der Waals surface area (Å²) in [5.41, 5.74) is 0. The quantitative estimate of drug-likeness (QED) is 0.800. The molecule has 1 amide bonds. The van der Waals surface area contributed by atoms with Gasteiger partial charge in [0.25, 0.3) is 0 Å². The van der Waals surface area contributed by atoms with Crippen molar-refractivity contribution >= 4 is 5.91 Å². The third kappa shape index (κ3) is 5.11. The molecule has 4 heteroatoms. The van der Waals surface area contributed by atoms with Crippen LogP contribution in [-0.2, 0) is 9.53 Å². The second-order valence-electron chi connectivity index (χ2n) is 6.01. The maximum absolute atomic E-state index is 12.0. The van der Waals surface area contributed by atoms with E-state index < -0.39 is 0 Å². The molecule has 4 nitrogen and oxygen atoms in total. The van der Waals surface area contributed by atoms with Gasteiger partial charge in [-0.15, -0.1) is 0 Å². The third-order valence-corrected chi connectivity index (χ3v) is 4.36. The highest BCUT2D eigenvalue weighted by molar-refractivity contribution is 5.80. The normalized spacial score (nSPS) is 24.1. The molecule has 1 aliphatic heterocycles. The van der Waals surface area contributed by atoms with Crippen LogP contribution in [0, 0.1) is 5.92 Å². The van der Waals surface area contributed by atoms with Gasteiger partial charge in [-0.2, -0.15) is 0 Å². The lowest BCUT2D eigenvalue weighted by molar-refractivity contribution is -0.133. The molecule has 2 aliphatic rings. The smallest absolute Gasteiger partial charge is 0.249 e. The Kier molecular flexibility index (Phi) is 6.11. The van der Waals surface area contributed by atoms with Crippen molar-refractivity contribution in [3.63, 3.8) is 0 Å². The molecule has 0 bridgehead atoms. The van der Waals surface area contributed by atoms with Gasteiger partial charge in [0.05, 0.1) is 6.61 Å². The highest BCUT2D eigenvalue weighted by Crippen LogP contribution is 2.18. The van der Waals surface area contributed by atoms with Gasteiger partial charge in [-0.3, -0.25) is 4.79 Å². The van der Waals surface area contributed by atoms with Crippen molar-refractivity contribution in [2.75, 3.05) is 19.7 Å². The van der Waals surface area contributed by atoms with Gasteiger partial charge in [0.2, 0.25) is 5.91 Å². The Morgan fingerprint density at radius 3 is 2.58 bits per heavy atom. The molecule has 1 heterocycles. The lowest BCUT2D eigenvalue weighted by atomic mass is 9.95. The summed E-state index contributed by atoms with van der Waals surface area (Å²) in [6.07, 6.45) is 8.09. The molecule has 2 rings (SSSR count). The highest BCUT2D eigenvalue weighted by atomic mass is 16.5. The molecule has 0 aromatic carbocycles. The first-order valence-corrected chi connectivity index (χ1v) is 7.88. The maximum atomic E-state index is 12.0. The molecular weight excluding hydrogens is 240 g/mol. The zero-order valence-electron chi connectivity index (χ0n) is 12.1. The van der Waals surface area contributed by atoms with E-state index in [2.05, 4.69) is 10.6 Å². The molecule has 1 unspecified atom stereocenters. The van der Waals surface area contributed by atoms with Crippen molar-refractivity contribution in [3.05, 3.63) is 0 Å². The topological polar surface area (TPSA) is 50.4 Å². The number of rotatable bonds is 5. The molecule has 1 saturated heterocycles. The Labute approximate surface area is 116 Å². The fraction of sp³-hybridized carbons (Fsp3) is 0.933. The molecule has 0 spiro atoms. The summed E-state index contributed by atoms with van der Waals surface area (Å²) in [4.78, 5) is 12.0. The Balaban J connectivity index is 1.63. The van der Waals surface area contributed by atoms with Gasteiger partial charge >= 0.3 is 0 Å². The number of carbonyl (C=O) groups is 1. The Hall–Kier alpha value is -0.610. The molecular formula is C15H28N2O2. The summed E-state index contributed by atoms with van der Waals surface area (Å²) in [6, 6.07) is 0.381. The van der Waals surface area contributed by atoms with Crippen molar-refractivity contribution in [3.8, 4) is 0 Å². The molecule has 110 valence electrons. The van der Waals surface area contributed by atoms with E-state index in [1.165, 1.54) is 19.3 Å². The van der Waals surface area contributed by atoms with Crippen molar-refractivity contribution in [2.45, 2.75) is 64.0 Å². The largest absolute Gasteiger partial charge is 0.368 e. The first-order chi connectivity index (χ1) is 9.25. The summed E-state index contributed by atoms with van der Waals surface area (Å²) in [5.74, 6) is 0.687. The molecule has 2 N–H and O–H groups in total. The van der Waals surface area contributed by atoms with Crippen LogP contribution >= 0.6 is 0 Å². The summed E-state index contributed by atoms with van der Waals surface area (Å²) in [5, 5.41) is 6.47. The van der Waals surface area contributed by atoms with E-state index in [4.69, 9.17) is 4.74 Å². The number of carbonyl (C=O) groups excluding carboxylic acids is 1. The van der Waals surface area contributed by atoms with Crippen LogP contribution in [0.15, 0.2) is 0 Å². The van der Waals surface area contributed by atoms with Crippen LogP contribution in [0.3, 0.4) is 0 Å². The first kappa shape index (κ1) is 14.8. The molecule has 2 fully saturated rings. The van der Waals surface area contributed by atoms with E-state index in [9.17, 15) is 4.79 Å². The second kappa shape index (κ2) is 7.85. The summed E-state index contributed by atoms with van der Waals surface area (Å²) in [7, 11) is 0. The molecule has 0 aromatic rings. The second-order valence-corrected chi connectivity index (χ2v) is 6.01. The summed E-state index contributed by atoms with van der Waals surface area (Å²) in [6.45, 7) is 4.76. The minimum Gasteiger partial charge on any atom is -0.368 e. The number of ether oxygens (including phenoxy) is 1. The van der Waals surface area contributed by atoms with Gasteiger partial charge in [0.15, 0.2) is 0 Å². The molecule has 0 aromatic heterocycles. The molecule has 19 heavy (non-hydrogen) atoms. The zero-order valence-corrected chi connectivity index (χ0v) is 12.1. The van der Waals surface area contributed by atoms with Crippen LogP contribution < -0.4 is 10.6 Å². The minimum atomic E-state index is -0.309. The van der Waals surface area contributed by atoms with Crippen LogP contribution in [0.2, 0.25) is 0 Å². The summed E-state index contributed by atoms with van der Waals surface area (Å²) < 4.78 is 5.74. The molecule has 1 saturated carbocycles. The Morgan fingerprint density at radius 1 is 1.21 bits per heavy atom. The molecule has 0 radical (unpaired) electrons. The highest BCUT2D eigenvalue weighted by Gasteiger charge is 2.21. The van der Waals surface area contributed by atoms with Gasteiger partial charge in [0.1, 0.15) is 6.10 Å². The van der Waals surface area contributed by atoms with Gasteiger partial charge in [-0.25, -0.2) is 0 Å². The Bertz CT molecular complexity index is 271. The Morgan fingerprint density at radius 2 is 1.89 bits per heavy atom. The number of nitrogens with one attached hydrogen (secondary N) is 2. The van der Waals surface area contributed by atoms with Gasteiger partial charge in [0, 0.05) is 6.04 Å². The summed E-state index contributed by atoms with van der Waals surface area (Å²) >= 11 is 0. The average Bonchev–Trinajstić information content (AvgIpc) is 2.47. The van der Waals surface area contributed by atoms with Crippen LogP contribution in [0.25, 0.3) is 0 Å². The van der Waals surface area contributed by atoms with Crippen LogP contribution in [0.5, 0.6) is 0 Å². The van der Waals surface area contributed by atoms with Crippen molar-refractivity contribution in [1.82, 2.24) is 10.6 Å². The van der Waals surface area contributed by atoms with Crippen molar-refractivity contribution in [1.29, 1.82) is 0 Å². The van der Waals surface area contributed by atoms with Crippen molar-refractivity contribution < 1.29 is 9.53 Å². The van der Waals surface area contributed by atoms with Crippen LogP contribution in [0.1, 0.15) is 51.9 Å². The number of amides is 1. The van der Waals surface area contributed by atoms with E-state index in [1.807, 2.05) is 6.92 Å². The van der Waals surface area contributed by atoms with E-state index >= 15 is 0 Å². The standard InChI is InChI=1S/C15H28N2O2/c1-12(19-11-13-7-9-16-10-8-13)15(18)17-14-5-3-2-4-6-14/h12-14,16H,2-11H2,1H3,(H,17,18).